The second-order valence-electron chi connectivity index (χ2n) is 7.43. The molecule has 1 saturated heterocycles. The number of halogens is 1. The van der Waals surface area contributed by atoms with Crippen LogP contribution in [0.15, 0.2) is 48.5 Å². The molecule has 2 aromatic rings. The highest BCUT2D eigenvalue weighted by atomic mass is 19.1. The van der Waals surface area contributed by atoms with Gasteiger partial charge in [-0.05, 0) is 48.9 Å². The van der Waals surface area contributed by atoms with E-state index in [1.54, 1.807) is 17.0 Å². The van der Waals surface area contributed by atoms with Crippen molar-refractivity contribution >= 4 is 17.5 Å². The highest BCUT2D eigenvalue weighted by Gasteiger charge is 2.29. The predicted molar refractivity (Wildman–Crippen MR) is 109 cm³/mol. The Morgan fingerprint density at radius 2 is 1.75 bits per heavy atom. The molecule has 3 rings (SSSR count). The van der Waals surface area contributed by atoms with Crippen LogP contribution in [0, 0.1) is 11.7 Å². The number of likely N-dealkylation sites (tertiary alicyclic amines) is 1. The number of nitrogens with zero attached hydrogens (tertiary/aromatic N) is 1. The third-order valence-corrected chi connectivity index (χ3v) is 5.62. The number of hydrogen-bond donors (Lipinski definition) is 1. The third kappa shape index (κ3) is 4.41. The summed E-state index contributed by atoms with van der Waals surface area (Å²) in [5, 5.41) is 3.08. The van der Waals surface area contributed by atoms with Crippen LogP contribution in [0.3, 0.4) is 0 Å². The van der Waals surface area contributed by atoms with Gasteiger partial charge in [-0.1, -0.05) is 44.2 Å². The molecule has 1 fully saturated rings. The average molecular weight is 382 g/mol. The van der Waals surface area contributed by atoms with E-state index in [-0.39, 0.29) is 23.3 Å². The Balaban J connectivity index is 1.60. The summed E-state index contributed by atoms with van der Waals surface area (Å²) in [5.41, 5.74) is 2.10. The molecular formula is C23H27FN2O2. The molecule has 0 bridgehead atoms. The fourth-order valence-corrected chi connectivity index (χ4v) is 3.65. The molecule has 1 unspecified atom stereocenters. The summed E-state index contributed by atoms with van der Waals surface area (Å²) in [5.74, 6) is -0.590. The molecule has 2 aromatic carbocycles. The molecule has 1 atom stereocenters. The molecule has 1 aliphatic rings. The van der Waals surface area contributed by atoms with Crippen molar-refractivity contribution in [3.8, 4) is 0 Å². The summed E-state index contributed by atoms with van der Waals surface area (Å²) in [4.78, 5) is 26.9. The average Bonchev–Trinajstić information content (AvgIpc) is 2.73. The number of hydrogen-bond acceptors (Lipinski definition) is 2. The fraction of sp³-hybridized carbons (Fsp3) is 0.391. The van der Waals surface area contributed by atoms with Crippen molar-refractivity contribution in [2.24, 2.45) is 5.92 Å². The Bertz CT molecular complexity index is 844. The Morgan fingerprint density at radius 3 is 2.43 bits per heavy atom. The molecule has 148 valence electrons. The van der Waals surface area contributed by atoms with E-state index >= 15 is 0 Å². The van der Waals surface area contributed by atoms with Crippen LogP contribution in [-0.2, 0) is 4.79 Å². The molecule has 28 heavy (non-hydrogen) atoms. The summed E-state index contributed by atoms with van der Waals surface area (Å²) < 4.78 is 13.9. The topological polar surface area (TPSA) is 49.4 Å². The molecule has 0 saturated carbocycles. The van der Waals surface area contributed by atoms with Gasteiger partial charge in [0.2, 0.25) is 5.91 Å². The van der Waals surface area contributed by atoms with Crippen LogP contribution in [0.25, 0.3) is 0 Å². The van der Waals surface area contributed by atoms with Gasteiger partial charge in [-0.3, -0.25) is 9.59 Å². The molecule has 1 heterocycles. The Hall–Kier alpha value is -2.69. The van der Waals surface area contributed by atoms with Crippen molar-refractivity contribution in [2.75, 3.05) is 18.4 Å². The third-order valence-electron chi connectivity index (χ3n) is 5.62. The molecule has 0 aliphatic carbocycles. The second-order valence-corrected chi connectivity index (χ2v) is 7.43. The number of carbonyl (C=O) groups is 2. The number of benzene rings is 2. The van der Waals surface area contributed by atoms with E-state index in [2.05, 4.69) is 25.2 Å². The van der Waals surface area contributed by atoms with Crippen LogP contribution >= 0.6 is 0 Å². The van der Waals surface area contributed by atoms with Crippen molar-refractivity contribution in [3.63, 3.8) is 0 Å². The smallest absolute Gasteiger partial charge is 0.256 e. The van der Waals surface area contributed by atoms with Gasteiger partial charge in [0, 0.05) is 24.7 Å². The summed E-state index contributed by atoms with van der Waals surface area (Å²) in [6, 6.07) is 13.9. The van der Waals surface area contributed by atoms with Crippen molar-refractivity contribution in [1.82, 2.24) is 4.90 Å². The van der Waals surface area contributed by atoms with Crippen LogP contribution in [0.5, 0.6) is 0 Å². The number of rotatable bonds is 5. The van der Waals surface area contributed by atoms with E-state index in [1.165, 1.54) is 12.1 Å². The number of para-hydroxylation sites is 1. The highest BCUT2D eigenvalue weighted by molar-refractivity contribution is 5.95. The van der Waals surface area contributed by atoms with Crippen LogP contribution in [0.4, 0.5) is 10.1 Å². The monoisotopic (exact) mass is 382 g/mol. The zero-order valence-electron chi connectivity index (χ0n) is 16.5. The summed E-state index contributed by atoms with van der Waals surface area (Å²) >= 11 is 0. The molecular weight excluding hydrogens is 355 g/mol. The molecule has 0 aromatic heterocycles. The number of nitrogens with one attached hydrogen (secondary N) is 1. The SMILES string of the molecule is CCC(C)c1ccccc1NC(=O)C1CCN(C(=O)c2ccccc2F)CC1. The lowest BCUT2D eigenvalue weighted by molar-refractivity contribution is -0.121. The molecule has 0 radical (unpaired) electrons. The zero-order chi connectivity index (χ0) is 20.1. The fourth-order valence-electron chi connectivity index (χ4n) is 3.65. The maximum atomic E-state index is 13.9. The molecule has 1 aliphatic heterocycles. The maximum absolute atomic E-state index is 13.9. The Labute approximate surface area is 165 Å². The van der Waals surface area contributed by atoms with E-state index < -0.39 is 5.82 Å². The molecule has 0 spiro atoms. The predicted octanol–water partition coefficient (Wildman–Crippen LogP) is 4.83. The summed E-state index contributed by atoms with van der Waals surface area (Å²) in [7, 11) is 0. The minimum absolute atomic E-state index is 0.00579. The molecule has 2 amide bonds. The van der Waals surface area contributed by atoms with Gasteiger partial charge < -0.3 is 10.2 Å². The number of amides is 2. The minimum Gasteiger partial charge on any atom is -0.339 e. The van der Waals surface area contributed by atoms with E-state index in [0.717, 1.165) is 17.7 Å². The van der Waals surface area contributed by atoms with Gasteiger partial charge in [0.25, 0.3) is 5.91 Å². The summed E-state index contributed by atoms with van der Waals surface area (Å²) in [6.45, 7) is 5.19. The van der Waals surface area contributed by atoms with Crippen molar-refractivity contribution in [3.05, 3.63) is 65.5 Å². The van der Waals surface area contributed by atoms with E-state index in [0.29, 0.717) is 31.8 Å². The first-order chi connectivity index (χ1) is 13.5. The lowest BCUT2D eigenvalue weighted by Crippen LogP contribution is -2.41. The summed E-state index contributed by atoms with van der Waals surface area (Å²) in [6.07, 6.45) is 2.17. The second kappa shape index (κ2) is 9.00. The van der Waals surface area contributed by atoms with Gasteiger partial charge in [0.1, 0.15) is 5.82 Å². The van der Waals surface area contributed by atoms with Gasteiger partial charge in [0.15, 0.2) is 0 Å². The number of piperidine rings is 1. The van der Waals surface area contributed by atoms with E-state index in [4.69, 9.17) is 0 Å². The lowest BCUT2D eigenvalue weighted by atomic mass is 9.93. The standard InChI is InChI=1S/C23H27FN2O2/c1-3-16(2)18-8-5-7-11-21(18)25-22(27)17-12-14-26(15-13-17)23(28)19-9-4-6-10-20(19)24/h4-11,16-17H,3,12-15H2,1-2H3,(H,25,27). The highest BCUT2D eigenvalue weighted by Crippen LogP contribution is 2.28. The maximum Gasteiger partial charge on any atom is 0.256 e. The molecule has 1 N–H and O–H groups in total. The van der Waals surface area contributed by atoms with E-state index in [9.17, 15) is 14.0 Å². The zero-order valence-corrected chi connectivity index (χ0v) is 16.5. The van der Waals surface area contributed by atoms with Crippen LogP contribution in [0.2, 0.25) is 0 Å². The largest absolute Gasteiger partial charge is 0.339 e. The van der Waals surface area contributed by atoms with Crippen molar-refractivity contribution in [1.29, 1.82) is 0 Å². The van der Waals surface area contributed by atoms with Gasteiger partial charge in [-0.2, -0.15) is 0 Å². The first-order valence-electron chi connectivity index (χ1n) is 9.94. The molecule has 5 heteroatoms. The van der Waals surface area contributed by atoms with Crippen LogP contribution in [0.1, 0.15) is 54.9 Å². The van der Waals surface area contributed by atoms with Crippen molar-refractivity contribution < 1.29 is 14.0 Å². The van der Waals surface area contributed by atoms with Gasteiger partial charge in [0.05, 0.1) is 5.56 Å². The first-order valence-corrected chi connectivity index (χ1v) is 9.94. The van der Waals surface area contributed by atoms with Gasteiger partial charge >= 0.3 is 0 Å². The van der Waals surface area contributed by atoms with Gasteiger partial charge in [-0.25, -0.2) is 4.39 Å². The van der Waals surface area contributed by atoms with Crippen LogP contribution in [-0.4, -0.2) is 29.8 Å². The normalized spacial score (nSPS) is 15.9. The Kier molecular flexibility index (Phi) is 6.45. The molecule has 4 nitrogen and oxygen atoms in total. The van der Waals surface area contributed by atoms with E-state index in [1.807, 2.05) is 18.2 Å². The number of carbonyl (C=O) groups excluding carboxylic acids is 2. The van der Waals surface area contributed by atoms with Gasteiger partial charge in [-0.15, -0.1) is 0 Å². The lowest BCUT2D eigenvalue weighted by Gasteiger charge is -2.31. The first kappa shape index (κ1) is 20.1. The van der Waals surface area contributed by atoms with Crippen molar-refractivity contribution in [2.45, 2.75) is 39.0 Å². The van der Waals surface area contributed by atoms with Crippen LogP contribution < -0.4 is 5.32 Å². The quantitative estimate of drug-likeness (QED) is 0.805. The number of anilines is 1. The minimum atomic E-state index is -0.506. The Morgan fingerprint density at radius 1 is 1.11 bits per heavy atom.